The zero-order valence-electron chi connectivity index (χ0n) is 26.4. The van der Waals surface area contributed by atoms with E-state index in [1.165, 1.54) is 54.9 Å². The van der Waals surface area contributed by atoms with Crippen molar-refractivity contribution in [3.63, 3.8) is 0 Å². The van der Waals surface area contributed by atoms with Crippen LogP contribution in [0.2, 0.25) is 0 Å². The average molecular weight is 601 g/mol. The van der Waals surface area contributed by atoms with Gasteiger partial charge in [0.05, 0.1) is 11.4 Å². The molecule has 0 saturated carbocycles. The molecule has 47 heavy (non-hydrogen) atoms. The zero-order chi connectivity index (χ0) is 31.5. The Bertz CT molecular complexity index is 2460. The molecule has 0 fully saturated rings. The van der Waals surface area contributed by atoms with Gasteiger partial charge >= 0.3 is 0 Å². The molecule has 0 amide bonds. The standard InChI is InChI=1S/C45H32N2/c1-45(2)40-16-10-9-15-37(40)39-27-38-34(26-41(39)45)22-21-33-25-35(23-24-36(33)38)43-28-42(46-44(47-43)32-13-7-4-8-14-32)31-19-17-30(18-20-31)29-11-5-3-6-12-29/h3-28H,1-2H3. The molecule has 0 atom stereocenters. The van der Waals surface area contributed by atoms with Gasteiger partial charge in [0, 0.05) is 22.1 Å². The van der Waals surface area contributed by atoms with Crippen LogP contribution in [-0.2, 0) is 5.41 Å². The van der Waals surface area contributed by atoms with E-state index in [-0.39, 0.29) is 5.41 Å². The summed E-state index contributed by atoms with van der Waals surface area (Å²) in [6, 6.07) is 56.5. The number of rotatable bonds is 4. The fourth-order valence-electron chi connectivity index (χ4n) is 7.34. The molecule has 2 nitrogen and oxygen atoms in total. The van der Waals surface area contributed by atoms with Crippen LogP contribution in [0.5, 0.6) is 0 Å². The molecule has 0 saturated heterocycles. The first-order valence-electron chi connectivity index (χ1n) is 16.2. The molecule has 7 aromatic carbocycles. The van der Waals surface area contributed by atoms with Gasteiger partial charge in [-0.05, 0) is 79.2 Å². The Hall–Kier alpha value is -5.86. The summed E-state index contributed by atoms with van der Waals surface area (Å²) in [7, 11) is 0. The van der Waals surface area contributed by atoms with Crippen molar-refractivity contribution in [2.45, 2.75) is 19.3 Å². The molecular weight excluding hydrogens is 569 g/mol. The average Bonchev–Trinajstić information content (AvgIpc) is 3.36. The number of hydrogen-bond donors (Lipinski definition) is 0. The van der Waals surface area contributed by atoms with Gasteiger partial charge in [-0.15, -0.1) is 0 Å². The van der Waals surface area contributed by atoms with E-state index in [9.17, 15) is 0 Å². The van der Waals surface area contributed by atoms with Gasteiger partial charge in [-0.1, -0.05) is 147 Å². The summed E-state index contributed by atoms with van der Waals surface area (Å²) in [6.07, 6.45) is 0. The lowest BCUT2D eigenvalue weighted by Crippen LogP contribution is -2.14. The van der Waals surface area contributed by atoms with Crippen molar-refractivity contribution in [3.05, 3.63) is 169 Å². The zero-order valence-corrected chi connectivity index (χ0v) is 26.4. The number of aromatic nitrogens is 2. The first-order chi connectivity index (χ1) is 23.0. The van der Waals surface area contributed by atoms with Gasteiger partial charge in [-0.25, -0.2) is 9.97 Å². The Balaban J connectivity index is 1.17. The molecule has 2 heteroatoms. The summed E-state index contributed by atoms with van der Waals surface area (Å²) in [5.74, 6) is 0.723. The van der Waals surface area contributed by atoms with Crippen molar-refractivity contribution in [3.8, 4) is 56.2 Å². The van der Waals surface area contributed by atoms with Crippen LogP contribution in [0.1, 0.15) is 25.0 Å². The highest BCUT2D eigenvalue weighted by atomic mass is 14.9. The molecule has 222 valence electrons. The van der Waals surface area contributed by atoms with Crippen molar-refractivity contribution in [2.24, 2.45) is 0 Å². The summed E-state index contributed by atoms with van der Waals surface area (Å²) in [4.78, 5) is 10.2. The first-order valence-corrected chi connectivity index (χ1v) is 16.2. The molecule has 0 N–H and O–H groups in total. The lowest BCUT2D eigenvalue weighted by atomic mass is 9.81. The van der Waals surface area contributed by atoms with E-state index in [0.29, 0.717) is 0 Å². The Morgan fingerprint density at radius 1 is 0.383 bits per heavy atom. The molecule has 0 unspecified atom stereocenters. The molecular formula is C45H32N2. The fraction of sp³-hybridized carbons (Fsp3) is 0.0667. The smallest absolute Gasteiger partial charge is 0.160 e. The van der Waals surface area contributed by atoms with E-state index in [1.54, 1.807) is 0 Å². The van der Waals surface area contributed by atoms with E-state index in [4.69, 9.17) is 9.97 Å². The molecule has 1 aliphatic rings. The third-order valence-corrected chi connectivity index (χ3v) is 9.88. The Morgan fingerprint density at radius 2 is 0.957 bits per heavy atom. The van der Waals surface area contributed by atoms with Gasteiger partial charge in [0.15, 0.2) is 5.82 Å². The molecule has 0 radical (unpaired) electrons. The summed E-state index contributed by atoms with van der Waals surface area (Å²) in [6.45, 7) is 4.68. The van der Waals surface area contributed by atoms with Gasteiger partial charge in [0.2, 0.25) is 0 Å². The molecule has 1 heterocycles. The minimum atomic E-state index is -0.0119. The summed E-state index contributed by atoms with van der Waals surface area (Å²) in [5, 5.41) is 5.02. The van der Waals surface area contributed by atoms with Crippen LogP contribution < -0.4 is 0 Å². The van der Waals surface area contributed by atoms with Crippen molar-refractivity contribution in [1.29, 1.82) is 0 Å². The highest BCUT2D eigenvalue weighted by Gasteiger charge is 2.35. The number of nitrogens with zero attached hydrogens (tertiary/aromatic N) is 2. The second-order valence-electron chi connectivity index (χ2n) is 13.1. The summed E-state index contributed by atoms with van der Waals surface area (Å²) < 4.78 is 0. The van der Waals surface area contributed by atoms with Crippen LogP contribution in [0.4, 0.5) is 0 Å². The Labute approximate surface area is 275 Å². The fourth-order valence-corrected chi connectivity index (χ4v) is 7.34. The molecule has 8 aromatic rings. The topological polar surface area (TPSA) is 25.8 Å². The minimum absolute atomic E-state index is 0.0119. The molecule has 0 bridgehead atoms. The summed E-state index contributed by atoms with van der Waals surface area (Å²) >= 11 is 0. The minimum Gasteiger partial charge on any atom is -0.228 e. The quantitative estimate of drug-likeness (QED) is 0.188. The molecule has 9 rings (SSSR count). The maximum Gasteiger partial charge on any atom is 0.160 e. The van der Waals surface area contributed by atoms with Crippen molar-refractivity contribution < 1.29 is 0 Å². The number of benzene rings is 7. The van der Waals surface area contributed by atoms with E-state index in [0.717, 1.165) is 33.9 Å². The van der Waals surface area contributed by atoms with Crippen molar-refractivity contribution in [1.82, 2.24) is 9.97 Å². The van der Waals surface area contributed by atoms with Crippen LogP contribution >= 0.6 is 0 Å². The maximum atomic E-state index is 5.11. The van der Waals surface area contributed by atoms with Gasteiger partial charge in [0.25, 0.3) is 0 Å². The molecule has 0 spiro atoms. The monoisotopic (exact) mass is 600 g/mol. The largest absolute Gasteiger partial charge is 0.228 e. The first kappa shape index (κ1) is 27.5. The van der Waals surface area contributed by atoms with E-state index < -0.39 is 0 Å². The number of fused-ring (bicyclic) bond motifs is 6. The van der Waals surface area contributed by atoms with Gasteiger partial charge < -0.3 is 0 Å². The van der Waals surface area contributed by atoms with Crippen LogP contribution in [0.3, 0.4) is 0 Å². The lowest BCUT2D eigenvalue weighted by molar-refractivity contribution is 0.661. The predicted octanol–water partition coefficient (Wildman–Crippen LogP) is 11.8. The van der Waals surface area contributed by atoms with Crippen LogP contribution in [0.15, 0.2) is 158 Å². The van der Waals surface area contributed by atoms with E-state index in [1.807, 2.05) is 24.3 Å². The molecule has 0 aliphatic heterocycles. The van der Waals surface area contributed by atoms with E-state index >= 15 is 0 Å². The normalized spacial score (nSPS) is 13.1. The SMILES string of the molecule is CC1(C)c2ccccc2-c2cc3c(ccc4cc(-c5cc(-c6ccc(-c7ccccc7)cc6)nc(-c6ccccc6)n5)ccc43)cc21. The molecule has 1 aromatic heterocycles. The Kier molecular flexibility index (Phi) is 6.20. The van der Waals surface area contributed by atoms with Crippen LogP contribution in [0.25, 0.3) is 77.7 Å². The van der Waals surface area contributed by atoms with E-state index in [2.05, 4.69) is 147 Å². The van der Waals surface area contributed by atoms with Crippen LogP contribution in [0, 0.1) is 0 Å². The third-order valence-electron chi connectivity index (χ3n) is 9.88. The second kappa shape index (κ2) is 10.6. The highest BCUT2D eigenvalue weighted by Crippen LogP contribution is 2.50. The Morgan fingerprint density at radius 3 is 1.70 bits per heavy atom. The predicted molar refractivity (Wildman–Crippen MR) is 196 cm³/mol. The summed E-state index contributed by atoms with van der Waals surface area (Å²) in [5.41, 5.74) is 12.8. The maximum absolute atomic E-state index is 5.11. The third kappa shape index (κ3) is 4.56. The van der Waals surface area contributed by atoms with Crippen molar-refractivity contribution >= 4 is 21.5 Å². The van der Waals surface area contributed by atoms with Gasteiger partial charge in [-0.3, -0.25) is 0 Å². The van der Waals surface area contributed by atoms with Gasteiger partial charge in [-0.2, -0.15) is 0 Å². The van der Waals surface area contributed by atoms with Crippen molar-refractivity contribution in [2.75, 3.05) is 0 Å². The van der Waals surface area contributed by atoms with Crippen LogP contribution in [-0.4, -0.2) is 9.97 Å². The van der Waals surface area contributed by atoms with Gasteiger partial charge in [0.1, 0.15) is 0 Å². The lowest BCUT2D eigenvalue weighted by Gasteiger charge is -2.21. The number of hydrogen-bond acceptors (Lipinski definition) is 2. The second-order valence-corrected chi connectivity index (χ2v) is 13.1. The highest BCUT2D eigenvalue weighted by molar-refractivity contribution is 6.10. The molecule has 1 aliphatic carbocycles.